The van der Waals surface area contributed by atoms with E-state index >= 15 is 0 Å². The molecule has 27 heavy (non-hydrogen) atoms. The fourth-order valence-electron chi connectivity index (χ4n) is 2.47. The number of hydrogen-bond donors (Lipinski definition) is 0. The van der Waals surface area contributed by atoms with Crippen LogP contribution in [0.25, 0.3) is 0 Å². The van der Waals surface area contributed by atoms with Crippen LogP contribution in [0.3, 0.4) is 0 Å². The summed E-state index contributed by atoms with van der Waals surface area (Å²) >= 11 is 0. The Balaban J connectivity index is 4.96. The number of rotatable bonds is 18. The molecule has 0 heterocycles. The highest BCUT2D eigenvalue weighted by Gasteiger charge is 2.31. The molecule has 3 atom stereocenters. The Kier molecular flexibility index (Phi) is 15.4. The second-order valence-corrected chi connectivity index (χ2v) is 8.55. The Morgan fingerprint density at radius 3 is 1.96 bits per heavy atom. The van der Waals surface area contributed by atoms with Gasteiger partial charge in [0.05, 0.1) is 26.0 Å². The van der Waals surface area contributed by atoms with E-state index in [-0.39, 0.29) is 44.1 Å². The second kappa shape index (κ2) is 15.6. The van der Waals surface area contributed by atoms with Crippen LogP contribution in [-0.2, 0) is 32.6 Å². The van der Waals surface area contributed by atoms with E-state index in [2.05, 4.69) is 0 Å². The summed E-state index contributed by atoms with van der Waals surface area (Å²) in [6.45, 7) is 13.0. The molecule has 0 aromatic heterocycles. The van der Waals surface area contributed by atoms with Crippen LogP contribution in [0.15, 0.2) is 0 Å². The molecule has 0 rings (SSSR count). The average molecular weight is 410 g/mol. The van der Waals surface area contributed by atoms with Crippen LogP contribution in [0.4, 0.5) is 0 Å². The lowest BCUT2D eigenvalue weighted by Gasteiger charge is -2.25. The fraction of sp³-hybridized carbons (Fsp3) is 0.947. The van der Waals surface area contributed by atoms with Gasteiger partial charge < -0.3 is 23.3 Å². The summed E-state index contributed by atoms with van der Waals surface area (Å²) in [5.41, 5.74) is 0. The van der Waals surface area contributed by atoms with Crippen LogP contribution in [0.1, 0.15) is 60.8 Å². The first-order valence-electron chi connectivity index (χ1n) is 10.1. The van der Waals surface area contributed by atoms with Crippen LogP contribution in [-0.4, -0.2) is 57.4 Å². The molecule has 8 heteroatoms. The van der Waals surface area contributed by atoms with Gasteiger partial charge in [-0.2, -0.15) is 0 Å². The van der Waals surface area contributed by atoms with Crippen molar-refractivity contribution in [2.75, 3.05) is 39.2 Å². The van der Waals surface area contributed by atoms with Crippen molar-refractivity contribution in [2.24, 2.45) is 5.92 Å². The SMILES string of the molecule is CCCOC(C)OCC(CC(=O)C(C)OCCC)CP(=O)(OCC)OCC. The standard InChI is InChI=1S/C19H39O7P/c1-7-11-22-16(5)19(20)13-18(14-24-17(6)23-12-8-2)15-27(21,25-9-3)26-10-4/h16-18H,7-15H2,1-6H3. The van der Waals surface area contributed by atoms with E-state index in [0.29, 0.717) is 13.2 Å². The molecule has 0 aliphatic carbocycles. The molecular formula is C19H39O7P. The first-order valence-corrected chi connectivity index (χ1v) is 11.8. The average Bonchev–Trinajstić information content (AvgIpc) is 2.62. The monoisotopic (exact) mass is 410 g/mol. The van der Waals surface area contributed by atoms with Crippen molar-refractivity contribution in [1.82, 2.24) is 0 Å². The van der Waals surface area contributed by atoms with Gasteiger partial charge in [-0.3, -0.25) is 9.36 Å². The predicted molar refractivity (Wildman–Crippen MR) is 106 cm³/mol. The Morgan fingerprint density at radius 2 is 1.44 bits per heavy atom. The summed E-state index contributed by atoms with van der Waals surface area (Å²) in [6.07, 6.45) is 1.16. The minimum absolute atomic E-state index is 0.0428. The molecule has 0 aromatic rings. The molecule has 162 valence electrons. The van der Waals surface area contributed by atoms with Gasteiger partial charge in [0.2, 0.25) is 0 Å². The third-order valence-electron chi connectivity index (χ3n) is 3.77. The number of carbonyl (C=O) groups is 1. The quantitative estimate of drug-likeness (QED) is 0.244. The molecule has 0 bridgehead atoms. The van der Waals surface area contributed by atoms with E-state index in [4.69, 9.17) is 23.3 Å². The smallest absolute Gasteiger partial charge is 0.331 e. The van der Waals surface area contributed by atoms with Crippen LogP contribution in [0, 0.1) is 5.92 Å². The maximum absolute atomic E-state index is 12.9. The molecule has 3 unspecified atom stereocenters. The van der Waals surface area contributed by atoms with Gasteiger partial charge in [-0.1, -0.05) is 13.8 Å². The molecule has 0 radical (unpaired) electrons. The Bertz CT molecular complexity index is 420. The van der Waals surface area contributed by atoms with Gasteiger partial charge in [0.25, 0.3) is 0 Å². The molecule has 0 amide bonds. The Morgan fingerprint density at radius 1 is 0.889 bits per heavy atom. The summed E-state index contributed by atoms with van der Waals surface area (Å²) in [5, 5.41) is 0. The van der Waals surface area contributed by atoms with E-state index in [1.807, 2.05) is 20.8 Å². The number of hydrogen-bond acceptors (Lipinski definition) is 7. The van der Waals surface area contributed by atoms with Crippen molar-refractivity contribution in [3.8, 4) is 0 Å². The summed E-state index contributed by atoms with van der Waals surface area (Å²) in [5.74, 6) is -0.347. The second-order valence-electron chi connectivity index (χ2n) is 6.45. The third kappa shape index (κ3) is 12.7. The number of Topliss-reactive ketones (excluding diaryl/α,β-unsaturated/α-hetero) is 1. The predicted octanol–water partition coefficient (Wildman–Crippen LogP) is 4.43. The van der Waals surface area contributed by atoms with Crippen molar-refractivity contribution in [2.45, 2.75) is 73.2 Å². The first-order chi connectivity index (χ1) is 12.8. The summed E-state index contributed by atoms with van der Waals surface area (Å²) in [6, 6.07) is 0. The lowest BCUT2D eigenvalue weighted by Crippen LogP contribution is -2.28. The zero-order valence-corrected chi connectivity index (χ0v) is 18.8. The van der Waals surface area contributed by atoms with E-state index in [1.54, 1.807) is 20.8 Å². The highest BCUT2D eigenvalue weighted by atomic mass is 31.2. The fourth-order valence-corrected chi connectivity index (χ4v) is 4.41. The molecule has 0 spiro atoms. The molecule has 7 nitrogen and oxygen atoms in total. The molecule has 0 N–H and O–H groups in total. The number of carbonyl (C=O) groups excluding carboxylic acids is 1. The number of ketones is 1. The van der Waals surface area contributed by atoms with Gasteiger partial charge in [0.1, 0.15) is 6.10 Å². The van der Waals surface area contributed by atoms with Crippen LogP contribution in [0.5, 0.6) is 0 Å². The molecule has 0 aliphatic heterocycles. The lowest BCUT2D eigenvalue weighted by molar-refractivity contribution is -0.143. The van der Waals surface area contributed by atoms with Gasteiger partial charge in [0.15, 0.2) is 12.1 Å². The normalized spacial score (nSPS) is 15.5. The van der Waals surface area contributed by atoms with Gasteiger partial charge >= 0.3 is 7.60 Å². The zero-order chi connectivity index (χ0) is 20.7. The van der Waals surface area contributed by atoms with E-state index < -0.39 is 20.0 Å². The van der Waals surface area contributed by atoms with E-state index in [9.17, 15) is 9.36 Å². The van der Waals surface area contributed by atoms with Crippen molar-refractivity contribution in [3.63, 3.8) is 0 Å². The van der Waals surface area contributed by atoms with E-state index in [1.165, 1.54) is 0 Å². The molecular weight excluding hydrogens is 371 g/mol. The van der Waals surface area contributed by atoms with Gasteiger partial charge in [0, 0.05) is 25.6 Å². The Hall–Kier alpha value is -0.300. The highest BCUT2D eigenvalue weighted by Crippen LogP contribution is 2.50. The minimum atomic E-state index is -3.28. The molecule has 0 aromatic carbocycles. The van der Waals surface area contributed by atoms with Crippen molar-refractivity contribution in [3.05, 3.63) is 0 Å². The topological polar surface area (TPSA) is 80.3 Å². The van der Waals surface area contributed by atoms with Crippen LogP contribution in [0.2, 0.25) is 0 Å². The summed E-state index contributed by atoms with van der Waals surface area (Å²) in [4.78, 5) is 12.5. The van der Waals surface area contributed by atoms with Crippen LogP contribution >= 0.6 is 7.60 Å². The van der Waals surface area contributed by atoms with Crippen molar-refractivity contribution in [1.29, 1.82) is 0 Å². The van der Waals surface area contributed by atoms with Gasteiger partial charge in [-0.25, -0.2) is 0 Å². The Labute approximate surface area is 165 Å². The highest BCUT2D eigenvalue weighted by molar-refractivity contribution is 7.53. The molecule has 0 saturated carbocycles. The summed E-state index contributed by atoms with van der Waals surface area (Å²) in [7, 11) is -3.28. The third-order valence-corrected chi connectivity index (χ3v) is 6.04. The minimum Gasteiger partial charge on any atom is -0.371 e. The van der Waals surface area contributed by atoms with E-state index in [0.717, 1.165) is 12.8 Å². The number of ether oxygens (including phenoxy) is 3. The molecule has 0 saturated heterocycles. The van der Waals surface area contributed by atoms with Gasteiger partial charge in [-0.15, -0.1) is 0 Å². The molecule has 0 aliphatic rings. The largest absolute Gasteiger partial charge is 0.371 e. The summed E-state index contributed by atoms with van der Waals surface area (Å²) < 4.78 is 40.4. The first kappa shape index (κ1) is 26.7. The zero-order valence-electron chi connectivity index (χ0n) is 17.9. The molecule has 0 fully saturated rings. The maximum atomic E-state index is 12.9. The van der Waals surface area contributed by atoms with Crippen molar-refractivity contribution >= 4 is 13.4 Å². The van der Waals surface area contributed by atoms with Crippen LogP contribution < -0.4 is 0 Å². The maximum Gasteiger partial charge on any atom is 0.331 e. The lowest BCUT2D eigenvalue weighted by atomic mass is 10.0. The van der Waals surface area contributed by atoms with Gasteiger partial charge in [-0.05, 0) is 40.5 Å². The van der Waals surface area contributed by atoms with Crippen molar-refractivity contribution < 1.29 is 32.6 Å².